The van der Waals surface area contributed by atoms with Gasteiger partial charge in [0.05, 0.1) is 36.8 Å². The first-order valence-electron chi connectivity index (χ1n) is 35.3. The highest BCUT2D eigenvalue weighted by atomic mass is 32.2. The van der Waals surface area contributed by atoms with Crippen molar-refractivity contribution in [1.82, 2.24) is 35.2 Å². The molecule has 556 valence electrons. The second kappa shape index (κ2) is 30.3. The summed E-state index contributed by atoms with van der Waals surface area (Å²) in [5.41, 5.74) is 7.59. The molecule has 4 saturated carbocycles. The van der Waals surface area contributed by atoms with E-state index in [1.54, 1.807) is 20.3 Å². The predicted octanol–water partition coefficient (Wildman–Crippen LogP) is 7.80. The molecule has 4 aliphatic carbocycles. The number of aryl methyl sites for hydroxylation is 2. The number of amides is 7. The van der Waals surface area contributed by atoms with E-state index in [2.05, 4.69) is 64.2 Å². The number of nitrogens with one attached hydrogen (secondary N) is 5. The Morgan fingerprint density at radius 2 is 1.01 bits per heavy atom. The van der Waals surface area contributed by atoms with Crippen LogP contribution in [0.15, 0.2) is 122 Å². The second-order valence-electron chi connectivity index (χ2n) is 30.6. The molecule has 0 spiro atoms. The monoisotopic (exact) mass is 1460 g/mol. The van der Waals surface area contributed by atoms with Crippen molar-refractivity contribution >= 4 is 67.7 Å². The highest BCUT2D eigenvalue weighted by Crippen LogP contribution is 2.49. The summed E-state index contributed by atoms with van der Waals surface area (Å²) in [7, 11) is -4.26. The third-order valence-corrected chi connectivity index (χ3v) is 24.8. The van der Waals surface area contributed by atoms with Crippen LogP contribution in [0.5, 0.6) is 0 Å². The van der Waals surface area contributed by atoms with Crippen LogP contribution in [0.25, 0.3) is 22.3 Å². The van der Waals surface area contributed by atoms with E-state index in [1.165, 1.54) is 15.9 Å². The maximum Gasteiger partial charge on any atom is 0.407 e. The molecule has 7 amide bonds. The van der Waals surface area contributed by atoms with Gasteiger partial charge in [-0.3, -0.25) is 33.4 Å². The SMILES string of the molecule is C=C[C@@H]1C[C@]1(N)C(=O)NS(=O)(=O)C1CC1.C=C[C@@H]1C[C@]1(NC(=O)[C@@H]1C[C@]2(OC)CN1C(=O)[C@H](C(C)(C)C)NC(=O)OCCCCc1cc2ccc1-c1ccccc1)C(=O)NS(=O)(=O)C1CC1.CO[C@@]12C[C@@H](C(=O)O)N(C1)C(=O)[C@H](C(C)(C)C)NC(=O)OCCCCc1cc2ccc1-c1ccccc1. The summed E-state index contributed by atoms with van der Waals surface area (Å²) in [6, 6.07) is 28.0. The number of carbonyl (C=O) groups excluding carboxylic acids is 7. The minimum absolute atomic E-state index is 0.0198. The van der Waals surface area contributed by atoms with Gasteiger partial charge in [0.1, 0.15) is 46.4 Å². The van der Waals surface area contributed by atoms with E-state index in [0.29, 0.717) is 51.4 Å². The van der Waals surface area contributed by atoms with E-state index in [0.717, 1.165) is 63.8 Å². The number of nitrogens with zero attached hydrogens (tertiary/aromatic N) is 2. The van der Waals surface area contributed by atoms with Gasteiger partial charge < -0.3 is 55.5 Å². The number of benzene rings is 4. The maximum atomic E-state index is 14.6. The molecule has 4 aromatic carbocycles. The Morgan fingerprint density at radius 1 is 0.592 bits per heavy atom. The molecule has 6 fully saturated rings. The standard InChI is InChI=1S/C38H48N4O8S.C29H36N2O6.C9H14N2O3S/c1-6-26-21-38(26,34(45)41-51(47,48)28-16-17-28)40-32(43)30-22-37(49-5)23-42(30)33(44)31(36(2,3)4)39-35(46)50-19-11-10-14-25-20-27(37)15-18-29(25)24-12-8-7-9-13-24;1-28(2,3)24-25(32)31-18-29(36-4,17-23(31)26(33)34)21-13-14-22(19-10-6-5-7-11-19)20(16-21)12-8-9-15-37-27(35)30-24;1-2-6-5-9(6,10)8(12)11-15(13,14)7-3-4-7/h6-9,12-13,15,18,20,26,28,30-31H,1,10-11,14,16-17,19,21-23H2,2-5H3,(H,39,46)(H,40,43)(H,41,45);5-7,10-11,13-14,16,23-24H,8-9,12,15,17-18H2,1-4H3,(H,30,35)(H,33,34);2,6-7H,1,3-5,10H2,(H,11,12)/t26-,30+,31-,37+,38-;23-,24+,29-;6-,9-/m101/s1. The largest absolute Gasteiger partial charge is 0.480 e. The molecule has 0 aromatic heterocycles. The van der Waals surface area contributed by atoms with Crippen molar-refractivity contribution in [2.75, 3.05) is 40.5 Å². The summed E-state index contributed by atoms with van der Waals surface area (Å²) in [6.45, 7) is 18.7. The molecule has 8 N–H and O–H groups in total. The second-order valence-corrected chi connectivity index (χ2v) is 34.5. The van der Waals surface area contributed by atoms with Crippen molar-refractivity contribution in [2.24, 2.45) is 28.4 Å². The van der Waals surface area contributed by atoms with Crippen LogP contribution in [0.1, 0.15) is 141 Å². The number of carbonyl (C=O) groups is 8. The van der Waals surface area contributed by atoms with Crippen molar-refractivity contribution in [2.45, 2.75) is 188 Å². The first-order valence-corrected chi connectivity index (χ1v) is 38.4. The molecule has 2 saturated heterocycles. The van der Waals surface area contributed by atoms with E-state index >= 15 is 0 Å². The number of aliphatic carboxylic acids is 1. The van der Waals surface area contributed by atoms with Crippen LogP contribution in [0, 0.1) is 22.7 Å². The number of hydrogen-bond acceptors (Lipinski definition) is 17. The number of sulfonamides is 2. The van der Waals surface area contributed by atoms with Crippen LogP contribution in [-0.4, -0.2) is 166 Å². The summed E-state index contributed by atoms with van der Waals surface area (Å²) in [5, 5.41) is 17.4. The van der Waals surface area contributed by atoms with Crippen molar-refractivity contribution in [1.29, 1.82) is 0 Å². The molecule has 4 heterocycles. The van der Waals surface area contributed by atoms with Gasteiger partial charge in [0.25, 0.3) is 11.8 Å². The molecule has 25 nitrogen and oxygen atoms in total. The molecule has 4 aliphatic heterocycles. The number of alkyl carbamates (subject to hydrolysis) is 2. The molecule has 10 atom stereocenters. The van der Waals surface area contributed by atoms with Crippen molar-refractivity contribution in [3.8, 4) is 22.3 Å². The van der Waals surface area contributed by atoms with Gasteiger partial charge in [-0.05, 0) is 132 Å². The third kappa shape index (κ3) is 17.0. The molecular weight excluding hydrogens is 1360 g/mol. The number of carboxylic acid groups (broad SMARTS) is 1. The van der Waals surface area contributed by atoms with Crippen LogP contribution in [0.4, 0.5) is 9.59 Å². The number of cyclic esters (lactones) is 2. The smallest absolute Gasteiger partial charge is 0.407 e. The quantitative estimate of drug-likeness (QED) is 0.0558. The summed E-state index contributed by atoms with van der Waals surface area (Å²) >= 11 is 0. The molecule has 103 heavy (non-hydrogen) atoms. The average Bonchev–Trinajstić information content (AvgIpc) is 1.58. The van der Waals surface area contributed by atoms with E-state index in [1.807, 2.05) is 113 Å². The lowest BCUT2D eigenvalue weighted by atomic mass is 9.85. The highest BCUT2D eigenvalue weighted by molar-refractivity contribution is 7.91. The Hall–Kier alpha value is -8.50. The van der Waals surface area contributed by atoms with Crippen molar-refractivity contribution in [3.63, 3.8) is 0 Å². The van der Waals surface area contributed by atoms with Gasteiger partial charge in [-0.1, -0.05) is 151 Å². The lowest BCUT2D eigenvalue weighted by molar-refractivity contribution is -0.150. The fourth-order valence-electron chi connectivity index (χ4n) is 14.3. The van der Waals surface area contributed by atoms with Gasteiger partial charge in [0.15, 0.2) is 0 Å². The molecule has 12 rings (SSSR count). The predicted molar refractivity (Wildman–Crippen MR) is 385 cm³/mol. The van der Waals surface area contributed by atoms with E-state index in [-0.39, 0.29) is 51.5 Å². The van der Waals surface area contributed by atoms with Gasteiger partial charge in [-0.2, -0.15) is 0 Å². The molecule has 4 aromatic rings. The normalized spacial score (nSPS) is 28.1. The molecule has 8 bridgehead atoms. The van der Waals surface area contributed by atoms with Crippen LogP contribution >= 0.6 is 0 Å². The van der Waals surface area contributed by atoms with Crippen LogP contribution in [0.2, 0.25) is 0 Å². The summed E-state index contributed by atoms with van der Waals surface area (Å²) in [5.74, 6) is -4.76. The van der Waals surface area contributed by atoms with E-state index in [9.17, 15) is 60.3 Å². The average molecular weight is 1460 g/mol. The first kappa shape index (κ1) is 77.1. The zero-order chi connectivity index (χ0) is 74.8. The minimum atomic E-state index is -3.89. The Labute approximate surface area is 603 Å². The number of ether oxygens (including phenoxy) is 4. The summed E-state index contributed by atoms with van der Waals surface area (Å²) in [6.07, 6.45) is 8.92. The van der Waals surface area contributed by atoms with Crippen molar-refractivity contribution < 1.29 is 79.2 Å². The minimum Gasteiger partial charge on any atom is -0.480 e. The Kier molecular flexibility index (Phi) is 22.7. The summed E-state index contributed by atoms with van der Waals surface area (Å²) < 4.78 is 75.8. The van der Waals surface area contributed by atoms with Crippen LogP contribution < -0.4 is 31.1 Å². The van der Waals surface area contributed by atoms with Gasteiger partial charge in [0, 0.05) is 38.9 Å². The third-order valence-electron chi connectivity index (χ3n) is 21.1. The molecule has 0 unspecified atom stereocenters. The highest BCUT2D eigenvalue weighted by Gasteiger charge is 2.63. The molecule has 8 aliphatic rings. The molecule has 0 radical (unpaired) electrons. The maximum absolute atomic E-state index is 14.6. The number of rotatable bonds is 15. The number of fused-ring (bicyclic) bond motifs is 10. The van der Waals surface area contributed by atoms with Crippen LogP contribution in [0.3, 0.4) is 0 Å². The fraction of sp³-hybridized carbons (Fsp3) is 0.526. The molecule has 27 heteroatoms. The van der Waals surface area contributed by atoms with Crippen molar-refractivity contribution in [3.05, 3.63) is 145 Å². The number of methoxy groups -OCH3 is 2. The zero-order valence-corrected chi connectivity index (χ0v) is 61.6. The number of hydrogen-bond donors (Lipinski definition) is 7. The van der Waals surface area contributed by atoms with E-state index < -0.39 is 141 Å². The number of carboxylic acids is 1. The Balaban J connectivity index is 0.000000190. The van der Waals surface area contributed by atoms with Gasteiger partial charge >= 0.3 is 18.2 Å². The van der Waals surface area contributed by atoms with Gasteiger partial charge in [-0.15, -0.1) is 13.2 Å². The van der Waals surface area contributed by atoms with Gasteiger partial charge in [0.2, 0.25) is 37.8 Å². The van der Waals surface area contributed by atoms with Gasteiger partial charge in [-0.25, -0.2) is 31.2 Å². The van der Waals surface area contributed by atoms with E-state index in [4.69, 9.17) is 24.7 Å². The Bertz CT molecular complexity index is 4160. The summed E-state index contributed by atoms with van der Waals surface area (Å²) in [4.78, 5) is 109. The first-order chi connectivity index (χ1) is 48.6. The van der Waals surface area contributed by atoms with Crippen LogP contribution in [-0.2, 0) is 91.8 Å². The lowest BCUT2D eigenvalue weighted by Gasteiger charge is -2.36. The topological polar surface area (TPSA) is 355 Å². The lowest BCUT2D eigenvalue weighted by Crippen LogP contribution is -2.60. The molecular formula is C76H98N8O17S2. The zero-order valence-electron chi connectivity index (χ0n) is 59.9. The number of nitrogens with two attached hydrogens (primary N) is 1. The Morgan fingerprint density at radius 3 is 1.39 bits per heavy atom. The fourth-order valence-corrected chi connectivity index (χ4v) is 17.0.